The summed E-state index contributed by atoms with van der Waals surface area (Å²) in [5.41, 5.74) is 1.56. The van der Waals surface area contributed by atoms with Crippen molar-refractivity contribution in [1.29, 1.82) is 0 Å². The number of hydrogen-bond acceptors (Lipinski definition) is 3. The molecule has 14 heavy (non-hydrogen) atoms. The molecule has 0 saturated heterocycles. The van der Waals surface area contributed by atoms with E-state index in [4.69, 9.17) is 11.2 Å². The molecule has 0 unspecified atom stereocenters. The van der Waals surface area contributed by atoms with Gasteiger partial charge in [-0.15, -0.1) is 6.42 Å². The zero-order valence-electron chi connectivity index (χ0n) is 8.41. The minimum atomic E-state index is -0.584. The molecule has 3 nitrogen and oxygen atoms in total. The number of aliphatic hydroxyl groups is 1. The molecular weight excluding hydrogens is 180 g/mol. The molecular formula is C11H14O3. The number of rotatable bonds is 1. The van der Waals surface area contributed by atoms with Gasteiger partial charge in [0.25, 0.3) is 0 Å². The van der Waals surface area contributed by atoms with Gasteiger partial charge in [0.2, 0.25) is 0 Å². The lowest BCUT2D eigenvalue weighted by atomic mass is 9.89. The van der Waals surface area contributed by atoms with Crippen molar-refractivity contribution in [3.8, 4) is 12.3 Å². The minimum absolute atomic E-state index is 0.280. The van der Waals surface area contributed by atoms with Gasteiger partial charge in [-0.05, 0) is 12.5 Å². The first kappa shape index (κ1) is 10.8. The minimum Gasteiger partial charge on any atom is -0.462 e. The van der Waals surface area contributed by atoms with Crippen LogP contribution in [0.25, 0.3) is 0 Å². The van der Waals surface area contributed by atoms with E-state index >= 15 is 0 Å². The Bertz CT molecular complexity index is 309. The van der Waals surface area contributed by atoms with Crippen molar-refractivity contribution in [2.75, 3.05) is 0 Å². The lowest BCUT2D eigenvalue weighted by Crippen LogP contribution is -2.29. The summed E-state index contributed by atoms with van der Waals surface area (Å²) in [5.74, 6) is 2.18. The van der Waals surface area contributed by atoms with Crippen molar-refractivity contribution in [2.45, 2.75) is 38.9 Å². The Balaban J connectivity index is 2.75. The van der Waals surface area contributed by atoms with Crippen LogP contribution in [0.4, 0.5) is 0 Å². The molecule has 0 saturated carbocycles. The second-order valence-corrected chi connectivity index (χ2v) is 3.49. The smallest absolute Gasteiger partial charge is 0.302 e. The van der Waals surface area contributed by atoms with Crippen LogP contribution in [0, 0.1) is 12.3 Å². The topological polar surface area (TPSA) is 46.5 Å². The van der Waals surface area contributed by atoms with Crippen LogP contribution in [-0.2, 0) is 9.53 Å². The van der Waals surface area contributed by atoms with E-state index in [1.807, 2.05) is 6.92 Å². The summed E-state index contributed by atoms with van der Waals surface area (Å²) < 4.78 is 5.01. The van der Waals surface area contributed by atoms with Gasteiger partial charge in [-0.3, -0.25) is 4.79 Å². The van der Waals surface area contributed by atoms with Crippen LogP contribution < -0.4 is 0 Å². The standard InChI is InChI=1S/C11H14O3/c1-4-9-5-10(14-8(3)12)6-11(13)7(9)2/h1,10-11,13H,5-6H2,2-3H3/t10-,11+/m0/s1. The van der Waals surface area contributed by atoms with Gasteiger partial charge in [0.15, 0.2) is 0 Å². The highest BCUT2D eigenvalue weighted by molar-refractivity contribution is 5.66. The second-order valence-electron chi connectivity index (χ2n) is 3.49. The first-order valence-corrected chi connectivity index (χ1v) is 4.56. The molecule has 1 N–H and O–H groups in total. The maximum Gasteiger partial charge on any atom is 0.302 e. The highest BCUT2D eigenvalue weighted by Gasteiger charge is 2.26. The molecule has 1 aliphatic rings. The normalized spacial score (nSPS) is 27.0. The molecule has 1 rings (SSSR count). The molecule has 0 spiro atoms. The van der Waals surface area contributed by atoms with E-state index in [0.29, 0.717) is 12.8 Å². The van der Waals surface area contributed by atoms with Gasteiger partial charge in [0, 0.05) is 25.3 Å². The van der Waals surface area contributed by atoms with Crippen LogP contribution in [0.2, 0.25) is 0 Å². The van der Waals surface area contributed by atoms with Crippen LogP contribution >= 0.6 is 0 Å². The largest absolute Gasteiger partial charge is 0.462 e. The monoisotopic (exact) mass is 194 g/mol. The molecule has 2 atom stereocenters. The van der Waals surface area contributed by atoms with Gasteiger partial charge in [-0.1, -0.05) is 5.92 Å². The lowest BCUT2D eigenvalue weighted by Gasteiger charge is -2.27. The summed E-state index contributed by atoms with van der Waals surface area (Å²) in [7, 11) is 0. The SMILES string of the molecule is C#CC1=C(C)[C@H](O)C[C@@H](OC(C)=O)C1. The summed E-state index contributed by atoms with van der Waals surface area (Å²) >= 11 is 0. The summed E-state index contributed by atoms with van der Waals surface area (Å²) in [5, 5.41) is 9.62. The van der Waals surface area contributed by atoms with Crippen molar-refractivity contribution >= 4 is 5.97 Å². The molecule has 0 radical (unpaired) electrons. The average molecular weight is 194 g/mol. The van der Waals surface area contributed by atoms with E-state index in [9.17, 15) is 9.90 Å². The van der Waals surface area contributed by atoms with Crippen molar-refractivity contribution in [2.24, 2.45) is 0 Å². The first-order chi connectivity index (χ1) is 6.54. The fourth-order valence-electron chi connectivity index (χ4n) is 1.60. The molecule has 0 aliphatic heterocycles. The third kappa shape index (κ3) is 2.36. The third-order valence-electron chi connectivity index (χ3n) is 2.40. The molecule has 0 amide bonds. The summed E-state index contributed by atoms with van der Waals surface area (Å²) in [6.45, 7) is 3.16. The fraction of sp³-hybridized carbons (Fsp3) is 0.545. The molecule has 1 aliphatic carbocycles. The Morgan fingerprint density at radius 1 is 1.71 bits per heavy atom. The Morgan fingerprint density at radius 3 is 2.86 bits per heavy atom. The van der Waals surface area contributed by atoms with Crippen LogP contribution in [0.15, 0.2) is 11.1 Å². The van der Waals surface area contributed by atoms with Gasteiger partial charge in [-0.2, -0.15) is 0 Å². The fourth-order valence-corrected chi connectivity index (χ4v) is 1.60. The summed E-state index contributed by atoms with van der Waals surface area (Å²) in [4.78, 5) is 10.7. The van der Waals surface area contributed by atoms with E-state index < -0.39 is 6.10 Å². The number of esters is 1. The van der Waals surface area contributed by atoms with Crippen LogP contribution in [0.5, 0.6) is 0 Å². The maximum atomic E-state index is 10.7. The van der Waals surface area contributed by atoms with Crippen molar-refractivity contribution < 1.29 is 14.6 Å². The lowest BCUT2D eigenvalue weighted by molar-refractivity contribution is -0.147. The van der Waals surface area contributed by atoms with E-state index in [-0.39, 0.29) is 12.1 Å². The quantitative estimate of drug-likeness (QED) is 0.501. The van der Waals surface area contributed by atoms with E-state index in [1.165, 1.54) is 6.92 Å². The van der Waals surface area contributed by atoms with Crippen molar-refractivity contribution in [1.82, 2.24) is 0 Å². The predicted molar refractivity (Wildman–Crippen MR) is 52.3 cm³/mol. The Labute approximate surface area is 83.8 Å². The van der Waals surface area contributed by atoms with Gasteiger partial charge in [0.1, 0.15) is 6.10 Å². The summed E-state index contributed by atoms with van der Waals surface area (Å²) in [6, 6.07) is 0. The zero-order chi connectivity index (χ0) is 10.7. The van der Waals surface area contributed by atoms with Gasteiger partial charge in [-0.25, -0.2) is 0 Å². The molecule has 0 heterocycles. The molecule has 0 bridgehead atoms. The average Bonchev–Trinajstić information content (AvgIpc) is 2.10. The van der Waals surface area contributed by atoms with E-state index in [0.717, 1.165) is 11.1 Å². The van der Waals surface area contributed by atoms with E-state index in [1.54, 1.807) is 0 Å². The molecule has 3 heteroatoms. The van der Waals surface area contributed by atoms with Crippen molar-refractivity contribution in [3.63, 3.8) is 0 Å². The molecule has 0 aromatic rings. The van der Waals surface area contributed by atoms with Gasteiger partial charge < -0.3 is 9.84 Å². The zero-order valence-corrected chi connectivity index (χ0v) is 8.41. The number of carbonyl (C=O) groups excluding carboxylic acids is 1. The number of terminal acetylenes is 1. The highest BCUT2D eigenvalue weighted by Crippen LogP contribution is 2.26. The summed E-state index contributed by atoms with van der Waals surface area (Å²) in [6.07, 6.45) is 5.41. The second kappa shape index (κ2) is 4.30. The molecule has 0 fully saturated rings. The van der Waals surface area contributed by atoms with Crippen LogP contribution in [0.1, 0.15) is 26.7 Å². The predicted octanol–water partition coefficient (Wildman–Crippen LogP) is 1.02. The first-order valence-electron chi connectivity index (χ1n) is 4.56. The number of carbonyl (C=O) groups is 1. The molecule has 0 aromatic carbocycles. The Hall–Kier alpha value is -1.27. The Morgan fingerprint density at radius 2 is 2.36 bits per heavy atom. The van der Waals surface area contributed by atoms with Crippen LogP contribution in [-0.4, -0.2) is 23.3 Å². The van der Waals surface area contributed by atoms with Gasteiger partial charge in [0.05, 0.1) is 6.10 Å². The number of aliphatic hydroxyl groups excluding tert-OH is 1. The number of ether oxygens (including phenoxy) is 1. The maximum absolute atomic E-state index is 10.7. The third-order valence-corrected chi connectivity index (χ3v) is 2.40. The van der Waals surface area contributed by atoms with E-state index in [2.05, 4.69) is 5.92 Å². The van der Waals surface area contributed by atoms with Crippen molar-refractivity contribution in [3.05, 3.63) is 11.1 Å². The molecule has 0 aromatic heterocycles. The van der Waals surface area contributed by atoms with Gasteiger partial charge >= 0.3 is 5.97 Å². The highest BCUT2D eigenvalue weighted by atomic mass is 16.5. The number of hydrogen-bond donors (Lipinski definition) is 1. The van der Waals surface area contributed by atoms with Crippen LogP contribution in [0.3, 0.4) is 0 Å². The molecule has 76 valence electrons. The Kier molecular flexibility index (Phi) is 3.32.